The first-order valence-corrected chi connectivity index (χ1v) is 14.8. The first-order chi connectivity index (χ1) is 22.1. The molecule has 8 nitrogen and oxygen atoms in total. The molecule has 11 heteroatoms. The van der Waals surface area contributed by atoms with Crippen molar-refractivity contribution in [3.8, 4) is 28.0 Å². The van der Waals surface area contributed by atoms with Crippen LogP contribution < -0.4 is 9.64 Å². The van der Waals surface area contributed by atoms with Gasteiger partial charge in [0.1, 0.15) is 35.1 Å². The molecule has 0 N–H and O–H groups in total. The maximum atomic E-state index is 15.6. The van der Waals surface area contributed by atoms with E-state index in [1.54, 1.807) is 38.1 Å². The molecule has 2 saturated heterocycles. The third-order valence-electron chi connectivity index (χ3n) is 8.58. The van der Waals surface area contributed by atoms with Crippen LogP contribution in [-0.4, -0.2) is 55.3 Å². The average molecular weight is 632 g/mol. The van der Waals surface area contributed by atoms with Crippen molar-refractivity contribution in [1.29, 1.82) is 0 Å². The van der Waals surface area contributed by atoms with Crippen LogP contribution in [0.15, 0.2) is 60.7 Å². The van der Waals surface area contributed by atoms with Crippen LogP contribution in [0.2, 0.25) is 0 Å². The molecule has 2 atom stereocenters. The van der Waals surface area contributed by atoms with E-state index < -0.39 is 41.7 Å². The number of anilines is 1. The summed E-state index contributed by atoms with van der Waals surface area (Å²) in [4.78, 5) is 33.8. The minimum Gasteiger partial charge on any atom is -0.496 e. The molecular weight excluding hydrogens is 599 g/mol. The van der Waals surface area contributed by atoms with Crippen LogP contribution in [0.1, 0.15) is 46.6 Å². The number of methoxy groups -OCH3 is 2. The number of benzene rings is 3. The van der Waals surface area contributed by atoms with Crippen molar-refractivity contribution in [2.45, 2.75) is 39.0 Å². The molecule has 1 amide bonds. The third kappa shape index (κ3) is 5.73. The summed E-state index contributed by atoms with van der Waals surface area (Å²) in [6.45, 7) is 5.21. The van der Waals surface area contributed by atoms with Gasteiger partial charge in [0.2, 0.25) is 0 Å². The summed E-state index contributed by atoms with van der Waals surface area (Å²) in [7, 11) is 2.74. The number of amides is 1. The second-order valence-electron chi connectivity index (χ2n) is 11.4. The summed E-state index contributed by atoms with van der Waals surface area (Å²) in [6, 6.07) is 14.1. The molecule has 6 rings (SSSR count). The molecule has 1 aromatic heterocycles. The van der Waals surface area contributed by atoms with Crippen molar-refractivity contribution < 1.29 is 37.0 Å². The maximum Gasteiger partial charge on any atom is 0.411 e. The van der Waals surface area contributed by atoms with E-state index in [1.165, 1.54) is 25.2 Å². The van der Waals surface area contributed by atoms with Crippen molar-refractivity contribution >= 4 is 17.9 Å². The van der Waals surface area contributed by atoms with E-state index >= 15 is 4.39 Å². The highest BCUT2D eigenvalue weighted by atomic mass is 19.1. The largest absolute Gasteiger partial charge is 0.496 e. The van der Waals surface area contributed by atoms with Crippen molar-refractivity contribution in [3.05, 3.63) is 100 Å². The van der Waals surface area contributed by atoms with Crippen molar-refractivity contribution in [2.75, 3.05) is 32.2 Å². The second-order valence-corrected chi connectivity index (χ2v) is 11.4. The van der Waals surface area contributed by atoms with Gasteiger partial charge < -0.3 is 19.1 Å². The summed E-state index contributed by atoms with van der Waals surface area (Å²) < 4.78 is 59.7. The van der Waals surface area contributed by atoms with Gasteiger partial charge in [-0.15, -0.1) is 0 Å². The van der Waals surface area contributed by atoms with Gasteiger partial charge in [-0.3, -0.25) is 4.90 Å². The lowest BCUT2D eigenvalue weighted by molar-refractivity contribution is 0.0600. The molecule has 0 radical (unpaired) electrons. The maximum absolute atomic E-state index is 15.6. The molecule has 3 heterocycles. The van der Waals surface area contributed by atoms with Crippen LogP contribution in [0.5, 0.6) is 5.75 Å². The molecule has 2 aliphatic heterocycles. The molecule has 46 heavy (non-hydrogen) atoms. The Hall–Kier alpha value is -5.06. The van der Waals surface area contributed by atoms with E-state index in [0.29, 0.717) is 33.5 Å². The number of hydrogen-bond acceptors (Lipinski definition) is 7. The number of aromatic nitrogens is 1. The first-order valence-electron chi connectivity index (χ1n) is 14.8. The van der Waals surface area contributed by atoms with Gasteiger partial charge in [0.15, 0.2) is 0 Å². The highest BCUT2D eigenvalue weighted by Crippen LogP contribution is 2.41. The van der Waals surface area contributed by atoms with Gasteiger partial charge in [-0.05, 0) is 73.9 Å². The predicted octanol–water partition coefficient (Wildman–Crippen LogP) is 7.23. The SMILES string of the molecule is COC(=O)c1ccc(-c2cc(-c3ccc(N4CCC4)nc3CN3C(=O)OC(c4cc(F)cc(F)c4)[C@@H]3C)c(OC)cc2F)c(C)c1. The molecule has 2 aliphatic rings. The molecule has 0 bridgehead atoms. The summed E-state index contributed by atoms with van der Waals surface area (Å²) in [5.41, 5.74) is 3.72. The van der Waals surface area contributed by atoms with Gasteiger partial charge in [0.25, 0.3) is 0 Å². The summed E-state index contributed by atoms with van der Waals surface area (Å²) in [5.74, 6) is -1.57. The van der Waals surface area contributed by atoms with E-state index in [9.17, 15) is 18.4 Å². The number of cyclic esters (lactones) is 1. The van der Waals surface area contributed by atoms with Crippen LogP contribution >= 0.6 is 0 Å². The number of esters is 1. The van der Waals surface area contributed by atoms with Crippen LogP contribution in [0, 0.1) is 24.4 Å². The number of hydrogen-bond donors (Lipinski definition) is 0. The monoisotopic (exact) mass is 631 g/mol. The van der Waals surface area contributed by atoms with E-state index in [0.717, 1.165) is 43.5 Å². The summed E-state index contributed by atoms with van der Waals surface area (Å²) in [6.07, 6.45) is -0.524. The minimum atomic E-state index is -0.900. The standard InChI is InChI=1S/C35H32F3N3O5/c1-19-12-21(34(42)45-4)6-7-25(19)27-16-28(31(44-3)17-29(27)38)26-8-9-32(40-10-5-11-40)39-30(26)18-41-20(2)33(46-35(41)43)22-13-23(36)15-24(37)14-22/h6-9,12-17,20,33H,5,10-11,18H2,1-4H3/t20-,33?/m0/s1. The fourth-order valence-electron chi connectivity index (χ4n) is 5.99. The Labute approximate surface area is 264 Å². The smallest absolute Gasteiger partial charge is 0.411 e. The van der Waals surface area contributed by atoms with Gasteiger partial charge >= 0.3 is 12.1 Å². The third-order valence-corrected chi connectivity index (χ3v) is 8.58. The first kappa shape index (κ1) is 30.9. The van der Waals surface area contributed by atoms with Crippen LogP contribution in [0.25, 0.3) is 22.3 Å². The van der Waals surface area contributed by atoms with Gasteiger partial charge in [0.05, 0.1) is 38.1 Å². The number of ether oxygens (including phenoxy) is 3. The van der Waals surface area contributed by atoms with Crippen molar-refractivity contribution in [3.63, 3.8) is 0 Å². The predicted molar refractivity (Wildman–Crippen MR) is 165 cm³/mol. The minimum absolute atomic E-state index is 0.00797. The summed E-state index contributed by atoms with van der Waals surface area (Å²) in [5, 5.41) is 0. The Morgan fingerprint density at radius 3 is 2.28 bits per heavy atom. The fourth-order valence-corrected chi connectivity index (χ4v) is 5.99. The molecule has 3 aromatic carbocycles. The summed E-state index contributed by atoms with van der Waals surface area (Å²) >= 11 is 0. The van der Waals surface area contributed by atoms with Gasteiger partial charge in [-0.2, -0.15) is 0 Å². The topological polar surface area (TPSA) is 81.2 Å². The Kier molecular flexibility index (Phi) is 8.33. The highest BCUT2D eigenvalue weighted by Gasteiger charge is 2.41. The van der Waals surface area contributed by atoms with Crippen LogP contribution in [-0.2, 0) is 16.0 Å². The molecule has 0 saturated carbocycles. The Balaban J connectivity index is 1.42. The zero-order valence-corrected chi connectivity index (χ0v) is 25.8. The number of carbonyl (C=O) groups is 2. The number of rotatable bonds is 8. The Morgan fingerprint density at radius 2 is 1.65 bits per heavy atom. The number of halogens is 3. The number of nitrogens with zero attached hydrogens (tertiary/aromatic N) is 3. The van der Waals surface area contributed by atoms with Gasteiger partial charge in [-0.1, -0.05) is 6.07 Å². The number of carbonyl (C=O) groups excluding carboxylic acids is 2. The van der Waals surface area contributed by atoms with E-state index in [1.807, 2.05) is 12.1 Å². The van der Waals surface area contributed by atoms with Crippen LogP contribution in [0.3, 0.4) is 0 Å². The quantitative estimate of drug-likeness (QED) is 0.190. The Morgan fingerprint density at radius 1 is 0.935 bits per heavy atom. The molecule has 238 valence electrons. The fraction of sp³-hybridized carbons (Fsp3) is 0.286. The average Bonchev–Trinajstić information content (AvgIpc) is 3.28. The lowest BCUT2D eigenvalue weighted by Gasteiger charge is -2.33. The molecule has 2 fully saturated rings. The molecule has 1 unspecified atom stereocenters. The van der Waals surface area contributed by atoms with Crippen LogP contribution in [0.4, 0.5) is 23.8 Å². The zero-order chi connectivity index (χ0) is 32.7. The van der Waals surface area contributed by atoms with Gasteiger partial charge in [-0.25, -0.2) is 27.7 Å². The number of pyridine rings is 1. The number of aryl methyl sites for hydroxylation is 1. The van der Waals surface area contributed by atoms with E-state index in [2.05, 4.69) is 4.90 Å². The Bertz CT molecular complexity index is 1820. The van der Waals surface area contributed by atoms with Gasteiger partial charge in [0, 0.05) is 47.5 Å². The highest BCUT2D eigenvalue weighted by molar-refractivity contribution is 5.91. The normalized spacial score (nSPS) is 17.5. The van der Waals surface area contributed by atoms with Crippen molar-refractivity contribution in [2.24, 2.45) is 0 Å². The molecular formula is C35H32F3N3O5. The lowest BCUT2D eigenvalue weighted by atomic mass is 9.93. The molecule has 4 aromatic rings. The van der Waals surface area contributed by atoms with Crippen molar-refractivity contribution in [1.82, 2.24) is 9.88 Å². The lowest BCUT2D eigenvalue weighted by Crippen LogP contribution is -2.38. The van der Waals surface area contributed by atoms with E-state index in [4.69, 9.17) is 19.2 Å². The second kappa shape index (κ2) is 12.4. The molecule has 0 spiro atoms. The molecule has 0 aliphatic carbocycles. The van der Waals surface area contributed by atoms with E-state index in [-0.39, 0.29) is 23.4 Å². The zero-order valence-electron chi connectivity index (χ0n) is 25.8.